The van der Waals surface area contributed by atoms with E-state index in [1.807, 2.05) is 20.8 Å². The second kappa shape index (κ2) is 11.3. The SMILES string of the molecule is CCn1c(CN2C(=O)c3ccccc3C2=O)[n+](CC)c2ccc(C3CCN(C(=O)OC(C)(C)C)CC3)cc21.[I-]. The van der Waals surface area contributed by atoms with E-state index in [1.54, 1.807) is 29.2 Å². The fourth-order valence-corrected chi connectivity index (χ4v) is 5.79. The van der Waals surface area contributed by atoms with Crippen molar-refractivity contribution in [2.75, 3.05) is 13.1 Å². The molecule has 0 unspecified atom stereocenters. The number of hydrogen-bond donors (Lipinski definition) is 0. The maximum Gasteiger partial charge on any atom is 0.410 e. The van der Waals surface area contributed by atoms with Gasteiger partial charge >= 0.3 is 6.09 Å². The molecule has 0 saturated carbocycles. The summed E-state index contributed by atoms with van der Waals surface area (Å²) in [7, 11) is 0. The Hall–Kier alpha value is -2.95. The van der Waals surface area contributed by atoms with Gasteiger partial charge in [0.2, 0.25) is 0 Å². The number of aromatic nitrogens is 2. The summed E-state index contributed by atoms with van der Waals surface area (Å²) in [6.07, 6.45) is 1.52. The summed E-state index contributed by atoms with van der Waals surface area (Å²) in [5.41, 5.74) is 3.90. The molecule has 8 nitrogen and oxygen atoms in total. The topological polar surface area (TPSA) is 75.7 Å². The predicted molar refractivity (Wildman–Crippen MR) is 144 cm³/mol. The lowest BCUT2D eigenvalue weighted by atomic mass is 9.89. The van der Waals surface area contributed by atoms with Gasteiger partial charge < -0.3 is 33.6 Å². The van der Waals surface area contributed by atoms with Crippen molar-refractivity contribution in [2.24, 2.45) is 0 Å². The Bertz CT molecular complexity index is 1380. The smallest absolute Gasteiger partial charge is 0.410 e. The molecule has 3 amide bonds. The second-order valence-corrected chi connectivity index (χ2v) is 11.1. The molecule has 0 bridgehead atoms. The first-order valence-corrected chi connectivity index (χ1v) is 13.6. The van der Waals surface area contributed by atoms with Crippen LogP contribution in [0.1, 0.15) is 85.5 Å². The van der Waals surface area contributed by atoms with Crippen molar-refractivity contribution < 1.29 is 47.7 Å². The van der Waals surface area contributed by atoms with Crippen molar-refractivity contribution in [1.29, 1.82) is 0 Å². The van der Waals surface area contributed by atoms with E-state index in [4.69, 9.17) is 4.74 Å². The van der Waals surface area contributed by atoms with E-state index < -0.39 is 5.60 Å². The molecule has 39 heavy (non-hydrogen) atoms. The van der Waals surface area contributed by atoms with Crippen molar-refractivity contribution >= 4 is 28.9 Å². The Morgan fingerprint density at radius 3 is 2.15 bits per heavy atom. The molecule has 0 N–H and O–H groups in total. The molecule has 0 aliphatic carbocycles. The van der Waals surface area contributed by atoms with Gasteiger partial charge in [0, 0.05) is 13.1 Å². The lowest BCUT2D eigenvalue weighted by molar-refractivity contribution is -0.677. The van der Waals surface area contributed by atoms with E-state index >= 15 is 0 Å². The normalized spacial score (nSPS) is 16.0. The number of benzene rings is 2. The lowest BCUT2D eigenvalue weighted by Crippen LogP contribution is -3.00. The highest BCUT2D eigenvalue weighted by Crippen LogP contribution is 2.32. The van der Waals surface area contributed by atoms with E-state index in [2.05, 4.69) is 41.2 Å². The van der Waals surface area contributed by atoms with Crippen molar-refractivity contribution in [3.8, 4) is 0 Å². The number of hydrogen-bond acceptors (Lipinski definition) is 4. The minimum atomic E-state index is -0.496. The summed E-state index contributed by atoms with van der Waals surface area (Å²) in [5, 5.41) is 0. The highest BCUT2D eigenvalue weighted by Gasteiger charge is 2.38. The molecular formula is C30H37IN4O4. The second-order valence-electron chi connectivity index (χ2n) is 11.1. The van der Waals surface area contributed by atoms with E-state index in [9.17, 15) is 14.4 Å². The Morgan fingerprint density at radius 2 is 1.62 bits per heavy atom. The van der Waals surface area contributed by atoms with Crippen LogP contribution in [0.25, 0.3) is 11.0 Å². The third-order valence-electron chi connectivity index (χ3n) is 7.63. The molecule has 0 radical (unpaired) electrons. The Labute approximate surface area is 246 Å². The monoisotopic (exact) mass is 644 g/mol. The molecule has 0 spiro atoms. The first kappa shape index (κ1) is 29.0. The summed E-state index contributed by atoms with van der Waals surface area (Å²) in [6.45, 7) is 12.9. The van der Waals surface area contributed by atoms with Crippen LogP contribution < -0.4 is 28.5 Å². The van der Waals surface area contributed by atoms with Crippen LogP contribution in [0.4, 0.5) is 4.79 Å². The molecule has 2 aromatic carbocycles. The molecule has 2 aliphatic heterocycles. The quantitative estimate of drug-likeness (QED) is 0.242. The molecule has 2 aliphatic rings. The summed E-state index contributed by atoms with van der Waals surface area (Å²) >= 11 is 0. The summed E-state index contributed by atoms with van der Waals surface area (Å²) in [6, 6.07) is 13.6. The molecule has 1 aromatic heterocycles. The third-order valence-corrected chi connectivity index (χ3v) is 7.63. The number of carbonyl (C=O) groups is 3. The average Bonchev–Trinajstić information content (AvgIpc) is 3.33. The number of imide groups is 1. The number of likely N-dealkylation sites (tertiary alicyclic amines) is 1. The number of fused-ring (bicyclic) bond motifs is 2. The maximum atomic E-state index is 13.1. The zero-order chi connectivity index (χ0) is 27.2. The first-order valence-electron chi connectivity index (χ1n) is 13.6. The predicted octanol–water partition coefficient (Wildman–Crippen LogP) is 1.88. The summed E-state index contributed by atoms with van der Waals surface area (Å²) in [5.74, 6) is 0.821. The van der Waals surface area contributed by atoms with Gasteiger partial charge in [-0.2, -0.15) is 0 Å². The molecule has 5 rings (SSSR count). The van der Waals surface area contributed by atoms with Gasteiger partial charge in [0.25, 0.3) is 17.6 Å². The fraction of sp³-hybridized carbons (Fsp3) is 0.467. The Morgan fingerprint density at radius 1 is 1.00 bits per heavy atom. The first-order chi connectivity index (χ1) is 18.1. The van der Waals surface area contributed by atoms with Crippen molar-refractivity contribution in [3.05, 3.63) is 65.0 Å². The number of amides is 3. The summed E-state index contributed by atoms with van der Waals surface area (Å²) < 4.78 is 9.98. The van der Waals surface area contributed by atoms with Crippen molar-refractivity contribution in [3.63, 3.8) is 0 Å². The molecule has 9 heteroatoms. The molecule has 0 atom stereocenters. The Kier molecular flexibility index (Phi) is 8.39. The minimum absolute atomic E-state index is 0. The van der Waals surface area contributed by atoms with Gasteiger partial charge in [-0.1, -0.05) is 18.2 Å². The van der Waals surface area contributed by atoms with Crippen LogP contribution in [0, 0.1) is 0 Å². The molecule has 1 saturated heterocycles. The largest absolute Gasteiger partial charge is 1.00 e. The van der Waals surface area contributed by atoms with E-state index in [-0.39, 0.29) is 48.4 Å². The zero-order valence-corrected chi connectivity index (χ0v) is 25.5. The van der Waals surface area contributed by atoms with Gasteiger partial charge in [-0.3, -0.25) is 14.5 Å². The highest BCUT2D eigenvalue weighted by atomic mass is 127. The van der Waals surface area contributed by atoms with Crippen LogP contribution in [0.2, 0.25) is 0 Å². The zero-order valence-electron chi connectivity index (χ0n) is 23.4. The van der Waals surface area contributed by atoms with E-state index in [0.29, 0.717) is 30.1 Å². The third kappa shape index (κ3) is 5.42. The maximum absolute atomic E-state index is 13.1. The number of imidazole rings is 1. The molecule has 3 aromatic rings. The van der Waals surface area contributed by atoms with E-state index in [0.717, 1.165) is 42.8 Å². The lowest BCUT2D eigenvalue weighted by Gasteiger charge is -2.33. The standard InChI is InChI=1S/C30H37N4O4.HI/c1-6-32-24-13-12-21(20-14-16-31(17-15-20)29(37)38-30(3,4)5)18-25(24)33(7-2)26(32)19-34-27(35)22-10-8-9-11-23(22)28(34)36;/h8-13,18,20H,6-7,14-17,19H2,1-5H3;1H/q+1;/p-1. The van der Waals surface area contributed by atoms with Gasteiger partial charge in [0.05, 0.1) is 24.2 Å². The van der Waals surface area contributed by atoms with Gasteiger partial charge in [-0.25, -0.2) is 13.9 Å². The average molecular weight is 645 g/mol. The minimum Gasteiger partial charge on any atom is -1.00 e. The number of ether oxygens (including phenoxy) is 1. The molecule has 208 valence electrons. The van der Waals surface area contributed by atoms with Gasteiger partial charge in [0.15, 0.2) is 11.0 Å². The van der Waals surface area contributed by atoms with Crippen LogP contribution in [0.15, 0.2) is 42.5 Å². The van der Waals surface area contributed by atoms with Gasteiger partial charge in [-0.05, 0) is 83.2 Å². The number of halogens is 1. The highest BCUT2D eigenvalue weighted by molar-refractivity contribution is 6.21. The molecular weight excluding hydrogens is 607 g/mol. The number of rotatable bonds is 5. The number of piperidine rings is 1. The van der Waals surface area contributed by atoms with Crippen LogP contribution in [0.5, 0.6) is 0 Å². The van der Waals surface area contributed by atoms with Crippen molar-refractivity contribution in [1.82, 2.24) is 14.4 Å². The van der Waals surface area contributed by atoms with Crippen LogP contribution in [-0.2, 0) is 24.4 Å². The van der Waals surface area contributed by atoms with Crippen LogP contribution >= 0.6 is 0 Å². The van der Waals surface area contributed by atoms with Crippen LogP contribution in [-0.4, -0.2) is 51.0 Å². The van der Waals surface area contributed by atoms with Gasteiger partial charge in [0.1, 0.15) is 12.1 Å². The Balaban J connectivity index is 0.00000353. The van der Waals surface area contributed by atoms with Crippen molar-refractivity contribution in [2.45, 2.75) is 78.6 Å². The molecule has 3 heterocycles. The summed E-state index contributed by atoms with van der Waals surface area (Å²) in [4.78, 5) is 41.8. The fourth-order valence-electron chi connectivity index (χ4n) is 5.79. The number of aryl methyl sites for hydroxylation is 2. The number of carbonyl (C=O) groups excluding carboxylic acids is 3. The van der Waals surface area contributed by atoms with Crippen LogP contribution in [0.3, 0.4) is 0 Å². The van der Waals surface area contributed by atoms with E-state index in [1.165, 1.54) is 10.5 Å². The molecule has 1 fully saturated rings. The number of nitrogens with zero attached hydrogens (tertiary/aromatic N) is 4. The van der Waals surface area contributed by atoms with Gasteiger partial charge in [-0.15, -0.1) is 0 Å².